The van der Waals surface area contributed by atoms with Crippen LogP contribution in [0, 0.1) is 0 Å². The lowest BCUT2D eigenvalue weighted by atomic mass is 9.66. The van der Waals surface area contributed by atoms with Crippen LogP contribution in [0.1, 0.15) is 22.3 Å². The first-order valence-corrected chi connectivity index (χ1v) is 19.7. The summed E-state index contributed by atoms with van der Waals surface area (Å²) in [5, 5.41) is 4.57. The molecular formula is C54H33N3O. The van der Waals surface area contributed by atoms with Crippen LogP contribution in [0.25, 0.3) is 77.7 Å². The van der Waals surface area contributed by atoms with Gasteiger partial charge in [0.05, 0.1) is 16.8 Å². The molecule has 0 fully saturated rings. The molecule has 0 amide bonds. The summed E-state index contributed by atoms with van der Waals surface area (Å²) in [7, 11) is 0. The molecule has 4 nitrogen and oxygen atoms in total. The predicted octanol–water partition coefficient (Wildman–Crippen LogP) is 13.3. The lowest BCUT2D eigenvalue weighted by Gasteiger charge is -2.39. The van der Waals surface area contributed by atoms with E-state index < -0.39 is 5.41 Å². The number of ether oxygens (including phenoxy) is 1. The van der Waals surface area contributed by atoms with Crippen LogP contribution in [0.15, 0.2) is 200 Å². The van der Waals surface area contributed by atoms with Gasteiger partial charge in [-0.05, 0) is 62.2 Å². The fourth-order valence-electron chi connectivity index (χ4n) is 9.49. The average molecular weight is 740 g/mol. The van der Waals surface area contributed by atoms with Crippen molar-refractivity contribution in [2.45, 2.75) is 5.41 Å². The maximum atomic E-state index is 7.14. The minimum absolute atomic E-state index is 0.606. The third-order valence-corrected chi connectivity index (χ3v) is 12.0. The molecule has 0 bridgehead atoms. The Bertz CT molecular complexity index is 3220. The first-order valence-electron chi connectivity index (χ1n) is 19.7. The van der Waals surface area contributed by atoms with E-state index in [4.69, 9.17) is 14.7 Å². The van der Waals surface area contributed by atoms with Crippen LogP contribution in [0.5, 0.6) is 11.5 Å². The van der Waals surface area contributed by atoms with E-state index in [1.54, 1.807) is 0 Å². The SMILES string of the molecule is c1ccc(-c2cc(-c3cccc4ccccc34)nc(-c3ccc4c(c3)Oc3cc(-c5cncc6ccccc56)ccc3C43c4ccccc4-c4ccccc43)n2)cc1. The van der Waals surface area contributed by atoms with Gasteiger partial charge >= 0.3 is 0 Å². The lowest BCUT2D eigenvalue weighted by molar-refractivity contribution is 0.437. The van der Waals surface area contributed by atoms with Crippen molar-refractivity contribution in [1.82, 2.24) is 15.0 Å². The van der Waals surface area contributed by atoms with Gasteiger partial charge in [0.2, 0.25) is 0 Å². The van der Waals surface area contributed by atoms with Crippen molar-refractivity contribution in [2.24, 2.45) is 0 Å². The molecule has 0 unspecified atom stereocenters. The number of rotatable bonds is 4. The highest BCUT2D eigenvalue weighted by molar-refractivity contribution is 5.98. The van der Waals surface area contributed by atoms with Crippen LogP contribution < -0.4 is 4.74 Å². The van der Waals surface area contributed by atoms with Gasteiger partial charge in [-0.1, -0.05) is 170 Å². The highest BCUT2D eigenvalue weighted by atomic mass is 16.5. The van der Waals surface area contributed by atoms with Crippen LogP contribution in [0.3, 0.4) is 0 Å². The number of nitrogens with zero attached hydrogens (tertiary/aromatic N) is 3. The van der Waals surface area contributed by atoms with Crippen molar-refractivity contribution >= 4 is 21.5 Å². The molecule has 12 rings (SSSR count). The Hall–Kier alpha value is -7.69. The van der Waals surface area contributed by atoms with Crippen LogP contribution in [-0.4, -0.2) is 15.0 Å². The second kappa shape index (κ2) is 12.7. The molecular weight excluding hydrogens is 707 g/mol. The largest absolute Gasteiger partial charge is 0.457 e. The van der Waals surface area contributed by atoms with Crippen LogP contribution in [0.2, 0.25) is 0 Å². The van der Waals surface area contributed by atoms with Crippen molar-refractivity contribution in [3.05, 3.63) is 223 Å². The Kier molecular flexibility index (Phi) is 7.11. The molecule has 1 aliphatic carbocycles. The van der Waals surface area contributed by atoms with E-state index in [0.29, 0.717) is 5.82 Å². The molecule has 58 heavy (non-hydrogen) atoms. The zero-order valence-electron chi connectivity index (χ0n) is 31.3. The second-order valence-corrected chi connectivity index (χ2v) is 15.1. The predicted molar refractivity (Wildman–Crippen MR) is 234 cm³/mol. The fraction of sp³-hybridized carbons (Fsp3) is 0.0185. The molecule has 10 aromatic rings. The number of fused-ring (bicyclic) bond motifs is 11. The average Bonchev–Trinajstić information content (AvgIpc) is 3.59. The molecule has 1 aliphatic heterocycles. The molecule has 0 saturated carbocycles. The van der Waals surface area contributed by atoms with Crippen molar-refractivity contribution in [3.8, 4) is 67.7 Å². The number of hydrogen-bond acceptors (Lipinski definition) is 4. The Labute approximate surface area is 335 Å². The fourth-order valence-corrected chi connectivity index (χ4v) is 9.49. The summed E-state index contributed by atoms with van der Waals surface area (Å²) in [6, 6.07) is 66.7. The molecule has 0 N–H and O–H groups in total. The van der Waals surface area contributed by atoms with E-state index >= 15 is 0 Å². The maximum Gasteiger partial charge on any atom is 0.160 e. The van der Waals surface area contributed by atoms with Gasteiger partial charge in [-0.25, -0.2) is 9.97 Å². The number of benzene rings is 8. The van der Waals surface area contributed by atoms with Gasteiger partial charge < -0.3 is 4.74 Å². The van der Waals surface area contributed by atoms with Crippen molar-refractivity contribution < 1.29 is 4.74 Å². The first-order chi connectivity index (χ1) is 28.7. The molecule has 3 heterocycles. The zero-order chi connectivity index (χ0) is 38.2. The zero-order valence-corrected chi connectivity index (χ0v) is 31.3. The Morgan fingerprint density at radius 3 is 1.69 bits per heavy atom. The van der Waals surface area contributed by atoms with Gasteiger partial charge in [0.1, 0.15) is 11.5 Å². The van der Waals surface area contributed by atoms with E-state index in [0.717, 1.165) is 78.0 Å². The van der Waals surface area contributed by atoms with Gasteiger partial charge in [0.25, 0.3) is 0 Å². The Morgan fingerprint density at radius 2 is 0.931 bits per heavy atom. The molecule has 1 spiro atoms. The van der Waals surface area contributed by atoms with Crippen molar-refractivity contribution in [1.29, 1.82) is 0 Å². The summed E-state index contributed by atoms with van der Waals surface area (Å²) in [5.41, 5.74) is 13.4. The van der Waals surface area contributed by atoms with E-state index in [1.165, 1.54) is 27.6 Å². The maximum absolute atomic E-state index is 7.14. The number of hydrogen-bond donors (Lipinski definition) is 0. The van der Waals surface area contributed by atoms with E-state index in [9.17, 15) is 0 Å². The summed E-state index contributed by atoms with van der Waals surface area (Å²) in [4.78, 5) is 15.2. The summed E-state index contributed by atoms with van der Waals surface area (Å²) in [5.74, 6) is 2.24. The third-order valence-electron chi connectivity index (χ3n) is 12.0. The van der Waals surface area contributed by atoms with Gasteiger partial charge in [0.15, 0.2) is 5.82 Å². The summed E-state index contributed by atoms with van der Waals surface area (Å²) in [6.45, 7) is 0. The Morgan fingerprint density at radius 1 is 0.362 bits per heavy atom. The summed E-state index contributed by atoms with van der Waals surface area (Å²) >= 11 is 0. The van der Waals surface area contributed by atoms with Crippen LogP contribution in [-0.2, 0) is 5.41 Å². The van der Waals surface area contributed by atoms with Crippen LogP contribution >= 0.6 is 0 Å². The normalized spacial score (nSPS) is 13.1. The minimum Gasteiger partial charge on any atom is -0.457 e. The van der Waals surface area contributed by atoms with Crippen molar-refractivity contribution in [2.75, 3.05) is 0 Å². The molecule has 2 aromatic heterocycles. The smallest absolute Gasteiger partial charge is 0.160 e. The van der Waals surface area contributed by atoms with E-state index in [2.05, 4.69) is 187 Å². The van der Waals surface area contributed by atoms with Gasteiger partial charge in [-0.3, -0.25) is 4.98 Å². The van der Waals surface area contributed by atoms with Crippen molar-refractivity contribution in [3.63, 3.8) is 0 Å². The molecule has 0 saturated heterocycles. The van der Waals surface area contributed by atoms with Gasteiger partial charge in [-0.15, -0.1) is 0 Å². The molecule has 270 valence electrons. The van der Waals surface area contributed by atoms with Crippen LogP contribution in [0.4, 0.5) is 0 Å². The molecule has 0 atom stereocenters. The standard InChI is InChI=1S/C54H33N3O/c1-2-14-35(15-3-1)49-31-50(43-22-12-17-34-13-4-6-18-39(34)43)57-53(56-49)37-26-28-48-52(30-37)58-51-29-36(44-33-55-32-38-16-5-7-19-40(38)44)25-27-47(51)54(48)45-23-10-8-20-41(45)42-21-9-11-24-46(42)54/h1-33H. The topological polar surface area (TPSA) is 47.9 Å². The van der Waals surface area contributed by atoms with Gasteiger partial charge in [-0.2, -0.15) is 0 Å². The van der Waals surface area contributed by atoms with E-state index in [-0.39, 0.29) is 0 Å². The quantitative estimate of drug-likeness (QED) is 0.180. The number of aromatic nitrogens is 3. The lowest BCUT2D eigenvalue weighted by Crippen LogP contribution is -2.32. The number of pyridine rings is 1. The van der Waals surface area contributed by atoms with Gasteiger partial charge in [0, 0.05) is 51.2 Å². The third kappa shape index (κ3) is 4.79. The highest BCUT2D eigenvalue weighted by Crippen LogP contribution is 2.62. The summed E-state index contributed by atoms with van der Waals surface area (Å²) in [6.07, 6.45) is 3.88. The van der Waals surface area contributed by atoms with E-state index in [1.807, 2.05) is 18.5 Å². The molecule has 2 aliphatic rings. The molecule has 0 radical (unpaired) electrons. The minimum atomic E-state index is -0.606. The Balaban J connectivity index is 1.10. The highest BCUT2D eigenvalue weighted by Gasteiger charge is 2.51. The molecule has 4 heteroatoms. The monoisotopic (exact) mass is 739 g/mol. The second-order valence-electron chi connectivity index (χ2n) is 15.1. The summed E-state index contributed by atoms with van der Waals surface area (Å²) < 4.78 is 7.14. The first kappa shape index (κ1) is 32.5. The molecule has 8 aromatic carbocycles.